The molecule has 0 saturated carbocycles. The van der Waals surface area contributed by atoms with Crippen LogP contribution in [0.4, 0.5) is 5.82 Å². The highest BCUT2D eigenvalue weighted by Crippen LogP contribution is 2.34. The molecule has 3 aromatic rings. The lowest BCUT2D eigenvalue weighted by molar-refractivity contribution is -0.107. The van der Waals surface area contributed by atoms with Gasteiger partial charge >= 0.3 is 0 Å². The number of carbonyl (C=O) groups excluding carboxylic acids is 1. The van der Waals surface area contributed by atoms with Crippen molar-refractivity contribution in [2.45, 2.75) is 26.3 Å². The number of methoxy groups -OCH3 is 2. The normalized spacial score (nSPS) is 11.0. The second-order valence-electron chi connectivity index (χ2n) is 6.29. The van der Waals surface area contributed by atoms with Gasteiger partial charge in [-0.25, -0.2) is 4.98 Å². The largest absolute Gasteiger partial charge is 0.493 e. The number of nitrogens with zero attached hydrogens (tertiary/aromatic N) is 3. The topological polar surface area (TPSA) is 56.1 Å². The zero-order valence-corrected chi connectivity index (χ0v) is 15.5. The van der Waals surface area contributed by atoms with Gasteiger partial charge in [-0.2, -0.15) is 0 Å². The molecule has 26 heavy (non-hydrogen) atoms. The number of fused-ring (bicyclic) bond motifs is 1. The number of hydrogen-bond donors (Lipinski definition) is 0. The molecular weight excluding hydrogens is 330 g/mol. The minimum atomic E-state index is 0.180. The highest BCUT2D eigenvalue weighted by atomic mass is 16.5. The van der Waals surface area contributed by atoms with Gasteiger partial charge in [0.25, 0.3) is 0 Å². The van der Waals surface area contributed by atoms with Gasteiger partial charge in [-0.3, -0.25) is 14.1 Å². The summed E-state index contributed by atoms with van der Waals surface area (Å²) in [6, 6.07) is 11.4. The van der Waals surface area contributed by atoms with Crippen molar-refractivity contribution >= 4 is 17.9 Å². The molecule has 3 rings (SSSR count). The van der Waals surface area contributed by atoms with Gasteiger partial charge in [-0.15, -0.1) is 0 Å². The zero-order chi connectivity index (χ0) is 18.7. The van der Waals surface area contributed by atoms with E-state index in [0.717, 1.165) is 29.1 Å². The zero-order valence-electron chi connectivity index (χ0n) is 15.5. The highest BCUT2D eigenvalue weighted by molar-refractivity contribution is 5.77. The van der Waals surface area contributed by atoms with E-state index in [4.69, 9.17) is 14.5 Å². The van der Waals surface area contributed by atoms with Crippen LogP contribution < -0.4 is 14.4 Å². The molecule has 0 aliphatic rings. The van der Waals surface area contributed by atoms with E-state index < -0.39 is 0 Å². The van der Waals surface area contributed by atoms with Crippen molar-refractivity contribution < 1.29 is 14.3 Å². The average Bonchev–Trinajstić information content (AvgIpc) is 3.05. The molecule has 0 spiro atoms. The fourth-order valence-corrected chi connectivity index (χ4v) is 3.10. The van der Waals surface area contributed by atoms with Crippen molar-refractivity contribution in [3.8, 4) is 11.5 Å². The monoisotopic (exact) mass is 353 g/mol. The van der Waals surface area contributed by atoms with Crippen LogP contribution in [-0.4, -0.2) is 30.0 Å². The third-order valence-corrected chi connectivity index (χ3v) is 4.30. The van der Waals surface area contributed by atoms with Gasteiger partial charge in [0.1, 0.15) is 11.5 Å². The van der Waals surface area contributed by atoms with Crippen LogP contribution in [0, 0.1) is 0 Å². The molecular formula is C20H23N3O3. The Bertz CT molecular complexity index is 918. The summed E-state index contributed by atoms with van der Waals surface area (Å²) in [6.45, 7) is 4.49. The van der Waals surface area contributed by atoms with E-state index in [0.29, 0.717) is 18.0 Å². The Kier molecular flexibility index (Phi) is 5.11. The molecule has 0 saturated heterocycles. The number of benzene rings is 1. The Hall–Kier alpha value is -3.02. The predicted molar refractivity (Wildman–Crippen MR) is 101 cm³/mol. The first-order valence-electron chi connectivity index (χ1n) is 8.49. The number of anilines is 1. The smallest absolute Gasteiger partial charge is 0.215 e. The molecule has 2 heterocycles. The van der Waals surface area contributed by atoms with E-state index in [9.17, 15) is 4.79 Å². The maximum absolute atomic E-state index is 12.0. The molecule has 0 aliphatic heterocycles. The molecule has 0 unspecified atom stereocenters. The Balaban J connectivity index is 2.10. The van der Waals surface area contributed by atoms with Gasteiger partial charge < -0.3 is 9.47 Å². The number of para-hydroxylation sites is 1. The second kappa shape index (κ2) is 7.47. The Labute approximate surface area is 153 Å². The Morgan fingerprint density at radius 3 is 2.62 bits per heavy atom. The third-order valence-electron chi connectivity index (χ3n) is 4.30. The summed E-state index contributed by atoms with van der Waals surface area (Å²) >= 11 is 0. The summed E-state index contributed by atoms with van der Waals surface area (Å²) in [5, 5.41) is 0. The first kappa shape index (κ1) is 17.8. The van der Waals surface area contributed by atoms with E-state index in [1.54, 1.807) is 19.1 Å². The first-order valence-corrected chi connectivity index (χ1v) is 8.49. The lowest BCUT2D eigenvalue weighted by Crippen LogP contribution is -2.23. The Morgan fingerprint density at radius 1 is 1.15 bits per heavy atom. The number of aromatic nitrogens is 2. The van der Waals surface area contributed by atoms with Gasteiger partial charge in [-0.1, -0.05) is 32.0 Å². The maximum Gasteiger partial charge on any atom is 0.215 e. The van der Waals surface area contributed by atoms with Crippen LogP contribution in [0.5, 0.6) is 11.5 Å². The fraction of sp³-hybridized carbons (Fsp3) is 0.300. The van der Waals surface area contributed by atoms with Crippen LogP contribution in [0.25, 0.3) is 5.65 Å². The van der Waals surface area contributed by atoms with Crippen molar-refractivity contribution in [2.75, 3.05) is 19.1 Å². The van der Waals surface area contributed by atoms with E-state index in [-0.39, 0.29) is 5.92 Å². The predicted octanol–water partition coefficient (Wildman–Crippen LogP) is 3.64. The number of carbonyl (C=O) groups is 1. The van der Waals surface area contributed by atoms with Crippen molar-refractivity contribution in [3.05, 3.63) is 53.9 Å². The molecule has 0 N–H and O–H groups in total. The highest BCUT2D eigenvalue weighted by Gasteiger charge is 2.22. The van der Waals surface area contributed by atoms with E-state index >= 15 is 0 Å². The number of hydrogen-bond acceptors (Lipinski definition) is 4. The molecule has 0 bridgehead atoms. The lowest BCUT2D eigenvalue weighted by Gasteiger charge is -2.21. The second-order valence-corrected chi connectivity index (χ2v) is 6.29. The molecule has 136 valence electrons. The van der Waals surface area contributed by atoms with Gasteiger partial charge in [0.05, 0.1) is 26.5 Å². The van der Waals surface area contributed by atoms with Gasteiger partial charge in [0.2, 0.25) is 6.41 Å². The first-order chi connectivity index (χ1) is 12.6. The summed E-state index contributed by atoms with van der Waals surface area (Å²) in [5.41, 5.74) is 2.56. The summed E-state index contributed by atoms with van der Waals surface area (Å²) in [7, 11) is 3.20. The molecule has 0 atom stereocenters. The standard InChI is InChI=1S/C20H23N3O3/c1-14(2)18-20(23-11-6-5-10-17(23)21-18)22(13-24)12-15-8-7-9-16(25-3)19(15)26-4/h5-11,13-14H,12H2,1-4H3. The van der Waals surface area contributed by atoms with Gasteiger partial charge in [-0.05, 0) is 24.1 Å². The molecule has 0 aliphatic carbocycles. The molecule has 0 fully saturated rings. The molecule has 2 aromatic heterocycles. The van der Waals surface area contributed by atoms with E-state index in [1.165, 1.54) is 0 Å². The minimum Gasteiger partial charge on any atom is -0.493 e. The SMILES string of the molecule is COc1cccc(CN(C=O)c2c(C(C)C)nc3ccccn23)c1OC. The average molecular weight is 353 g/mol. The summed E-state index contributed by atoms with van der Waals surface area (Å²) in [6.07, 6.45) is 2.75. The maximum atomic E-state index is 12.0. The molecule has 6 nitrogen and oxygen atoms in total. The summed E-state index contributed by atoms with van der Waals surface area (Å²) < 4.78 is 12.8. The number of amides is 1. The summed E-state index contributed by atoms with van der Waals surface area (Å²) in [4.78, 5) is 18.4. The third kappa shape index (κ3) is 3.10. The molecule has 0 radical (unpaired) electrons. The van der Waals surface area contributed by atoms with E-state index in [1.807, 2.05) is 47.0 Å². The number of imidazole rings is 1. The Morgan fingerprint density at radius 2 is 1.96 bits per heavy atom. The number of pyridine rings is 1. The van der Waals surface area contributed by atoms with Crippen molar-refractivity contribution in [1.29, 1.82) is 0 Å². The molecule has 1 aromatic carbocycles. The fourth-order valence-electron chi connectivity index (χ4n) is 3.10. The minimum absolute atomic E-state index is 0.180. The quantitative estimate of drug-likeness (QED) is 0.609. The molecule has 6 heteroatoms. The van der Waals surface area contributed by atoms with Crippen LogP contribution in [0.15, 0.2) is 42.6 Å². The van der Waals surface area contributed by atoms with Crippen molar-refractivity contribution in [3.63, 3.8) is 0 Å². The van der Waals surface area contributed by atoms with Crippen LogP contribution >= 0.6 is 0 Å². The lowest BCUT2D eigenvalue weighted by atomic mass is 10.1. The van der Waals surface area contributed by atoms with Crippen LogP contribution in [0.1, 0.15) is 31.0 Å². The molecule has 1 amide bonds. The van der Waals surface area contributed by atoms with Crippen molar-refractivity contribution in [1.82, 2.24) is 9.38 Å². The van der Waals surface area contributed by atoms with Gasteiger partial charge in [0, 0.05) is 11.8 Å². The number of ether oxygens (including phenoxy) is 2. The van der Waals surface area contributed by atoms with Crippen molar-refractivity contribution in [2.24, 2.45) is 0 Å². The van der Waals surface area contributed by atoms with Gasteiger partial charge in [0.15, 0.2) is 11.5 Å². The van der Waals surface area contributed by atoms with Crippen LogP contribution in [0.3, 0.4) is 0 Å². The van der Waals surface area contributed by atoms with Crippen LogP contribution in [-0.2, 0) is 11.3 Å². The summed E-state index contributed by atoms with van der Waals surface area (Å²) in [5.74, 6) is 2.22. The van der Waals surface area contributed by atoms with E-state index in [2.05, 4.69) is 13.8 Å². The van der Waals surface area contributed by atoms with Crippen LogP contribution in [0.2, 0.25) is 0 Å². The number of rotatable bonds is 7.